The van der Waals surface area contributed by atoms with Crippen molar-refractivity contribution in [3.63, 3.8) is 0 Å². The van der Waals surface area contributed by atoms with Gasteiger partial charge in [-0.05, 0) is 120 Å². The van der Waals surface area contributed by atoms with Crippen LogP contribution in [0.15, 0.2) is 18.2 Å². The van der Waals surface area contributed by atoms with Gasteiger partial charge in [0.15, 0.2) is 6.61 Å². The van der Waals surface area contributed by atoms with E-state index in [1.807, 2.05) is 32.0 Å². The number of fused-ring (bicyclic) bond motifs is 1. The molecule has 1 aliphatic rings. The van der Waals surface area contributed by atoms with Crippen LogP contribution in [0.2, 0.25) is 0 Å². The van der Waals surface area contributed by atoms with Crippen molar-refractivity contribution in [2.24, 2.45) is 5.92 Å². The molecule has 0 saturated carbocycles. The van der Waals surface area contributed by atoms with Gasteiger partial charge in [0, 0.05) is 20.0 Å². The van der Waals surface area contributed by atoms with E-state index in [0.29, 0.717) is 18.3 Å². The number of carbonyl (C=O) groups excluding carboxylic acids is 4. The van der Waals surface area contributed by atoms with E-state index in [4.69, 9.17) is 4.74 Å². The topological polar surface area (TPSA) is 92.8 Å². The third-order valence-corrected chi connectivity index (χ3v) is 13.3. The van der Waals surface area contributed by atoms with Crippen molar-refractivity contribution in [2.75, 3.05) is 11.9 Å². The quantitative estimate of drug-likeness (QED) is 0.115. The zero-order chi connectivity index (χ0) is 26.9. The molecule has 0 spiro atoms. The number of aryl methyl sites for hydroxylation is 2. The number of halogens is 4. The Balaban J connectivity index is 1.82. The average Bonchev–Trinajstić information content (AvgIpc) is 3.10. The lowest BCUT2D eigenvalue weighted by molar-refractivity contribution is -0.152. The summed E-state index contributed by atoms with van der Waals surface area (Å²) in [5.74, 6) is -2.71. The summed E-state index contributed by atoms with van der Waals surface area (Å²) in [5, 5.41) is 2.87. The van der Waals surface area contributed by atoms with E-state index in [1.54, 1.807) is 13.8 Å². The summed E-state index contributed by atoms with van der Waals surface area (Å²) in [4.78, 5) is 53.7. The standard InChI is InChI=1S/C25H24I4N2O5/c1-5-12-8-7-9-13(6-2)21(12)30-14(32)10-36-25(35)22(11(3)4)31-23(33)15-16(24(31)34)18(27)20(29)19(28)17(15)26/h7-9,11,22H,5-6,10H2,1-4H3,(H,30,32). The molecule has 0 radical (unpaired) electrons. The fourth-order valence-electron chi connectivity index (χ4n) is 4.10. The van der Waals surface area contributed by atoms with Crippen LogP contribution in [-0.4, -0.2) is 41.2 Å². The SMILES string of the molecule is CCc1cccc(CC)c1NC(=O)COC(=O)C(C(C)C)N1C(=O)c2c(I)c(I)c(I)c(I)c2C1=O. The van der Waals surface area contributed by atoms with Crippen molar-refractivity contribution in [1.82, 2.24) is 4.90 Å². The highest BCUT2D eigenvalue weighted by Gasteiger charge is 2.47. The first-order valence-electron chi connectivity index (χ1n) is 11.3. The largest absolute Gasteiger partial charge is 0.454 e. The monoisotopic (exact) mass is 940 g/mol. The number of nitrogens with zero attached hydrogens (tertiary/aromatic N) is 1. The van der Waals surface area contributed by atoms with Crippen molar-refractivity contribution in [3.05, 3.63) is 54.7 Å². The Bertz CT molecular complexity index is 1190. The molecule has 0 saturated heterocycles. The normalized spacial score (nSPS) is 13.8. The minimum absolute atomic E-state index is 0.314. The van der Waals surface area contributed by atoms with Gasteiger partial charge in [-0.2, -0.15) is 0 Å². The highest BCUT2D eigenvalue weighted by Crippen LogP contribution is 2.39. The van der Waals surface area contributed by atoms with Crippen LogP contribution >= 0.6 is 90.4 Å². The number of nitrogens with one attached hydrogen (secondary N) is 1. The number of amides is 3. The lowest BCUT2D eigenvalue weighted by Crippen LogP contribution is -2.49. The van der Waals surface area contributed by atoms with Crippen molar-refractivity contribution in [2.45, 2.75) is 46.6 Å². The first kappa shape index (κ1) is 30.0. The van der Waals surface area contributed by atoms with Crippen molar-refractivity contribution in [3.8, 4) is 0 Å². The number of carbonyl (C=O) groups is 4. The third kappa shape index (κ3) is 5.72. The third-order valence-electron chi connectivity index (χ3n) is 5.89. The number of benzene rings is 2. The summed E-state index contributed by atoms with van der Waals surface area (Å²) in [7, 11) is 0. The molecule has 3 rings (SSSR count). The highest BCUT2D eigenvalue weighted by molar-refractivity contribution is 14.1. The lowest BCUT2D eigenvalue weighted by Gasteiger charge is -2.27. The first-order valence-corrected chi connectivity index (χ1v) is 15.6. The molecule has 0 fully saturated rings. The summed E-state index contributed by atoms with van der Waals surface area (Å²) >= 11 is 8.45. The molecule has 11 heteroatoms. The molecule has 0 aromatic heterocycles. The number of hydrogen-bond acceptors (Lipinski definition) is 5. The molecule has 7 nitrogen and oxygen atoms in total. The number of hydrogen-bond donors (Lipinski definition) is 1. The molecule has 3 amide bonds. The molecule has 1 heterocycles. The lowest BCUT2D eigenvalue weighted by atomic mass is 10.0. The number of rotatable bonds is 8. The highest BCUT2D eigenvalue weighted by atomic mass is 127. The van der Waals surface area contributed by atoms with E-state index in [-0.39, 0.29) is 0 Å². The molecule has 2 aromatic carbocycles. The Kier molecular flexibility index (Phi) is 10.4. The zero-order valence-corrected chi connectivity index (χ0v) is 28.6. The first-order chi connectivity index (χ1) is 17.0. The molecule has 1 unspecified atom stereocenters. The Morgan fingerprint density at radius 1 is 0.889 bits per heavy atom. The molecule has 0 bridgehead atoms. The Morgan fingerprint density at radius 3 is 1.78 bits per heavy atom. The number of anilines is 1. The van der Waals surface area contributed by atoms with Crippen molar-refractivity contribution in [1.29, 1.82) is 0 Å². The molecular formula is C25H24I4N2O5. The van der Waals surface area contributed by atoms with Gasteiger partial charge in [0.05, 0.1) is 11.1 Å². The Hall–Kier alpha value is -0.560. The van der Waals surface area contributed by atoms with Gasteiger partial charge in [0.25, 0.3) is 17.7 Å². The summed E-state index contributed by atoms with van der Waals surface area (Å²) in [5.41, 5.74) is 3.35. The van der Waals surface area contributed by atoms with Gasteiger partial charge in [-0.3, -0.25) is 19.3 Å². The van der Waals surface area contributed by atoms with Crippen molar-refractivity contribution >= 4 is 120 Å². The van der Waals surface area contributed by atoms with Gasteiger partial charge in [0.1, 0.15) is 6.04 Å². The Labute approximate surface area is 264 Å². The van der Waals surface area contributed by atoms with E-state index in [9.17, 15) is 19.2 Å². The van der Waals surface area contributed by atoms with E-state index >= 15 is 0 Å². The minimum atomic E-state index is -1.15. The predicted molar refractivity (Wildman–Crippen MR) is 171 cm³/mol. The van der Waals surface area contributed by atoms with Crippen LogP contribution in [0, 0.1) is 20.2 Å². The van der Waals surface area contributed by atoms with Crippen LogP contribution in [0.3, 0.4) is 0 Å². The number of imide groups is 1. The molecule has 1 atom stereocenters. The average molecular weight is 940 g/mol. The summed E-state index contributed by atoms with van der Waals surface area (Å²) in [6.07, 6.45) is 1.49. The maximum absolute atomic E-state index is 13.4. The predicted octanol–water partition coefficient (Wildman–Crippen LogP) is 6.03. The van der Waals surface area contributed by atoms with Crippen LogP contribution in [0.25, 0.3) is 0 Å². The van der Waals surface area contributed by atoms with E-state index in [1.165, 1.54) is 0 Å². The molecule has 36 heavy (non-hydrogen) atoms. The summed E-state index contributed by atoms with van der Waals surface area (Å²) in [6.45, 7) is 6.97. The van der Waals surface area contributed by atoms with Gasteiger partial charge in [-0.25, -0.2) is 4.79 Å². The molecule has 192 valence electrons. The maximum Gasteiger partial charge on any atom is 0.330 e. The van der Waals surface area contributed by atoms with Crippen LogP contribution in [0.5, 0.6) is 0 Å². The van der Waals surface area contributed by atoms with E-state index in [0.717, 1.165) is 41.7 Å². The van der Waals surface area contributed by atoms with Gasteiger partial charge in [0.2, 0.25) is 0 Å². The Morgan fingerprint density at radius 2 is 1.36 bits per heavy atom. The molecule has 1 N–H and O–H groups in total. The van der Waals surface area contributed by atoms with Gasteiger partial charge in [-0.15, -0.1) is 0 Å². The molecule has 2 aromatic rings. The second kappa shape index (κ2) is 12.5. The number of esters is 1. The maximum atomic E-state index is 13.4. The zero-order valence-electron chi connectivity index (χ0n) is 20.0. The van der Waals surface area contributed by atoms with Gasteiger partial charge in [-0.1, -0.05) is 45.9 Å². The number of ether oxygens (including phenoxy) is 1. The van der Waals surface area contributed by atoms with E-state index in [2.05, 4.69) is 95.7 Å². The second-order valence-electron chi connectivity index (χ2n) is 8.49. The minimum Gasteiger partial charge on any atom is -0.454 e. The van der Waals surface area contributed by atoms with Crippen LogP contribution < -0.4 is 5.32 Å². The smallest absolute Gasteiger partial charge is 0.330 e. The van der Waals surface area contributed by atoms with Gasteiger partial charge >= 0.3 is 5.97 Å². The van der Waals surface area contributed by atoms with Gasteiger partial charge < -0.3 is 10.1 Å². The fourth-order valence-corrected chi connectivity index (χ4v) is 7.75. The van der Waals surface area contributed by atoms with Crippen LogP contribution in [-0.2, 0) is 27.2 Å². The van der Waals surface area contributed by atoms with E-state index < -0.39 is 42.3 Å². The fraction of sp³-hybridized carbons (Fsp3) is 0.360. The summed E-state index contributed by atoms with van der Waals surface area (Å²) in [6, 6.07) is 4.69. The van der Waals surface area contributed by atoms with Crippen molar-refractivity contribution < 1.29 is 23.9 Å². The summed E-state index contributed by atoms with van der Waals surface area (Å²) < 4.78 is 8.51. The number of para-hydroxylation sites is 1. The second-order valence-corrected chi connectivity index (χ2v) is 12.8. The van der Waals surface area contributed by atoms with Crippen LogP contribution in [0.4, 0.5) is 5.69 Å². The molecule has 0 aliphatic carbocycles. The van der Waals surface area contributed by atoms with Crippen LogP contribution in [0.1, 0.15) is 59.5 Å². The molecular weight excluding hydrogens is 916 g/mol. The molecule has 1 aliphatic heterocycles.